The van der Waals surface area contributed by atoms with Crippen molar-refractivity contribution in [2.45, 2.75) is 19.9 Å². The molecule has 0 bridgehead atoms. The number of nitrogens with zero attached hydrogens (tertiary/aromatic N) is 2. The van der Waals surface area contributed by atoms with E-state index in [1.807, 2.05) is 30.3 Å². The van der Waals surface area contributed by atoms with E-state index in [9.17, 15) is 9.59 Å². The molecule has 110 valence electrons. The first-order valence-corrected chi connectivity index (χ1v) is 6.69. The summed E-state index contributed by atoms with van der Waals surface area (Å²) in [6.45, 7) is 2.50. The highest BCUT2D eigenvalue weighted by atomic mass is 16.2. The molecule has 0 aliphatic rings. The van der Waals surface area contributed by atoms with E-state index < -0.39 is 5.91 Å². The molecule has 0 radical (unpaired) electrons. The van der Waals surface area contributed by atoms with Crippen molar-refractivity contribution in [1.29, 1.82) is 0 Å². The van der Waals surface area contributed by atoms with E-state index in [1.165, 1.54) is 6.20 Å². The summed E-state index contributed by atoms with van der Waals surface area (Å²) in [4.78, 5) is 25.2. The molecule has 1 aromatic carbocycles. The molecule has 0 aliphatic carbocycles. The lowest BCUT2D eigenvalue weighted by Crippen LogP contribution is -2.33. The molecule has 1 heterocycles. The fraction of sp³-hybridized carbons (Fsp3) is 0.267. The molecule has 0 aliphatic heterocycles. The van der Waals surface area contributed by atoms with Gasteiger partial charge in [-0.1, -0.05) is 30.3 Å². The van der Waals surface area contributed by atoms with Crippen LogP contribution in [0.15, 0.2) is 36.5 Å². The molecule has 6 heteroatoms. The molecule has 0 unspecified atom stereocenters. The van der Waals surface area contributed by atoms with Crippen molar-refractivity contribution in [3.05, 3.63) is 53.3 Å². The number of aromatic nitrogens is 2. The van der Waals surface area contributed by atoms with Gasteiger partial charge in [0.25, 0.3) is 5.91 Å². The van der Waals surface area contributed by atoms with Gasteiger partial charge in [-0.05, 0) is 12.5 Å². The van der Waals surface area contributed by atoms with Gasteiger partial charge in [-0.3, -0.25) is 14.7 Å². The van der Waals surface area contributed by atoms with Crippen molar-refractivity contribution in [1.82, 2.24) is 15.1 Å². The Morgan fingerprint density at radius 1 is 1.29 bits per heavy atom. The number of nitrogens with one attached hydrogen (secondary N) is 1. The third-order valence-corrected chi connectivity index (χ3v) is 3.19. The van der Waals surface area contributed by atoms with E-state index in [0.717, 1.165) is 5.56 Å². The molecule has 21 heavy (non-hydrogen) atoms. The van der Waals surface area contributed by atoms with Gasteiger partial charge in [-0.15, -0.1) is 0 Å². The van der Waals surface area contributed by atoms with Crippen LogP contribution in [0.3, 0.4) is 0 Å². The van der Waals surface area contributed by atoms with E-state index in [4.69, 9.17) is 5.73 Å². The number of carbonyl (C=O) groups is 2. The first-order valence-electron chi connectivity index (χ1n) is 6.69. The fourth-order valence-electron chi connectivity index (χ4n) is 2.04. The van der Waals surface area contributed by atoms with Crippen molar-refractivity contribution in [3.8, 4) is 0 Å². The van der Waals surface area contributed by atoms with Crippen LogP contribution in [-0.4, -0.2) is 33.5 Å². The predicted octanol–water partition coefficient (Wildman–Crippen LogP) is 1.24. The van der Waals surface area contributed by atoms with Crippen LogP contribution in [-0.2, 0) is 11.3 Å². The van der Waals surface area contributed by atoms with Crippen LogP contribution in [0.4, 0.5) is 0 Å². The predicted molar refractivity (Wildman–Crippen MR) is 78.3 cm³/mol. The SMILES string of the molecule is Cc1[nH]ncc1C(=O)N(CCC(N)=O)Cc1ccccc1. The Morgan fingerprint density at radius 2 is 2.00 bits per heavy atom. The molecular formula is C15H18N4O2. The molecule has 0 atom stereocenters. The van der Waals surface area contributed by atoms with Gasteiger partial charge < -0.3 is 10.6 Å². The summed E-state index contributed by atoms with van der Waals surface area (Å²) < 4.78 is 0. The van der Waals surface area contributed by atoms with Crippen LogP contribution in [0.1, 0.15) is 28.0 Å². The molecule has 0 saturated heterocycles. The quantitative estimate of drug-likeness (QED) is 0.836. The summed E-state index contributed by atoms with van der Waals surface area (Å²) in [6.07, 6.45) is 1.63. The van der Waals surface area contributed by atoms with Crippen LogP contribution in [0, 0.1) is 6.92 Å². The van der Waals surface area contributed by atoms with Gasteiger partial charge in [0.1, 0.15) is 0 Å². The Kier molecular flexibility index (Phi) is 4.71. The van der Waals surface area contributed by atoms with Gasteiger partial charge in [0.2, 0.25) is 5.91 Å². The minimum Gasteiger partial charge on any atom is -0.370 e. The van der Waals surface area contributed by atoms with Crippen LogP contribution in [0.25, 0.3) is 0 Å². The minimum atomic E-state index is -0.426. The first-order chi connectivity index (χ1) is 10.1. The van der Waals surface area contributed by atoms with E-state index in [2.05, 4.69) is 10.2 Å². The fourth-order valence-corrected chi connectivity index (χ4v) is 2.04. The number of carbonyl (C=O) groups excluding carboxylic acids is 2. The Hall–Kier alpha value is -2.63. The highest BCUT2D eigenvalue weighted by Crippen LogP contribution is 2.12. The second-order valence-corrected chi connectivity index (χ2v) is 4.84. The normalized spacial score (nSPS) is 10.3. The topological polar surface area (TPSA) is 92.1 Å². The number of aryl methyl sites for hydroxylation is 1. The zero-order valence-electron chi connectivity index (χ0n) is 11.9. The van der Waals surface area contributed by atoms with Crippen LogP contribution in [0.5, 0.6) is 0 Å². The molecule has 0 spiro atoms. The number of benzene rings is 1. The van der Waals surface area contributed by atoms with Gasteiger partial charge in [-0.2, -0.15) is 5.10 Å². The number of hydrogen-bond acceptors (Lipinski definition) is 3. The molecule has 2 aromatic rings. The number of rotatable bonds is 6. The van der Waals surface area contributed by atoms with Crippen molar-refractivity contribution < 1.29 is 9.59 Å². The van der Waals surface area contributed by atoms with E-state index >= 15 is 0 Å². The standard InChI is InChI=1S/C15H18N4O2/c1-11-13(9-17-18-11)15(21)19(8-7-14(16)20)10-12-5-3-2-4-6-12/h2-6,9H,7-8,10H2,1H3,(H2,16,20)(H,17,18). The average molecular weight is 286 g/mol. The van der Waals surface area contributed by atoms with E-state index in [1.54, 1.807) is 11.8 Å². The highest BCUT2D eigenvalue weighted by Gasteiger charge is 2.19. The Balaban J connectivity index is 2.17. The maximum Gasteiger partial charge on any atom is 0.257 e. The number of H-pyrrole nitrogens is 1. The van der Waals surface area contributed by atoms with Crippen LogP contribution in [0.2, 0.25) is 0 Å². The molecule has 1 aromatic heterocycles. The third-order valence-electron chi connectivity index (χ3n) is 3.19. The van der Waals surface area contributed by atoms with Gasteiger partial charge >= 0.3 is 0 Å². The molecule has 2 amide bonds. The molecule has 0 saturated carbocycles. The Morgan fingerprint density at radius 3 is 2.57 bits per heavy atom. The summed E-state index contributed by atoms with van der Waals surface area (Å²) in [5.41, 5.74) is 7.40. The molecule has 0 fully saturated rings. The lowest BCUT2D eigenvalue weighted by Gasteiger charge is -2.22. The average Bonchev–Trinajstić information content (AvgIpc) is 2.90. The number of primary amides is 1. The van der Waals surface area contributed by atoms with E-state index in [0.29, 0.717) is 17.8 Å². The smallest absolute Gasteiger partial charge is 0.257 e. The second-order valence-electron chi connectivity index (χ2n) is 4.84. The minimum absolute atomic E-state index is 0.134. The first kappa shape index (κ1) is 14.8. The zero-order valence-corrected chi connectivity index (χ0v) is 11.9. The summed E-state index contributed by atoms with van der Waals surface area (Å²) in [5.74, 6) is -0.587. The highest BCUT2D eigenvalue weighted by molar-refractivity contribution is 5.95. The van der Waals surface area contributed by atoms with Crippen LogP contribution >= 0.6 is 0 Å². The number of amides is 2. The number of nitrogens with two attached hydrogens (primary N) is 1. The number of aromatic amines is 1. The summed E-state index contributed by atoms with van der Waals surface area (Å²) in [7, 11) is 0. The molecule has 3 N–H and O–H groups in total. The van der Waals surface area contributed by atoms with Crippen LogP contribution < -0.4 is 5.73 Å². The van der Waals surface area contributed by atoms with Crippen molar-refractivity contribution >= 4 is 11.8 Å². The van der Waals surface area contributed by atoms with Gasteiger partial charge in [0.15, 0.2) is 0 Å². The molecular weight excluding hydrogens is 268 g/mol. The maximum atomic E-state index is 12.6. The van der Waals surface area contributed by atoms with Crippen molar-refractivity contribution in [2.24, 2.45) is 5.73 Å². The maximum absolute atomic E-state index is 12.6. The summed E-state index contributed by atoms with van der Waals surface area (Å²) in [5, 5.41) is 6.61. The lowest BCUT2D eigenvalue weighted by molar-refractivity contribution is -0.118. The zero-order chi connectivity index (χ0) is 15.2. The number of hydrogen-bond donors (Lipinski definition) is 2. The Bertz CT molecular complexity index is 622. The van der Waals surface area contributed by atoms with Gasteiger partial charge in [0, 0.05) is 25.2 Å². The summed E-state index contributed by atoms with van der Waals surface area (Å²) >= 11 is 0. The summed E-state index contributed by atoms with van der Waals surface area (Å²) in [6, 6.07) is 9.61. The van der Waals surface area contributed by atoms with Crippen molar-refractivity contribution in [3.63, 3.8) is 0 Å². The molecule has 2 rings (SSSR count). The Labute approximate surface area is 122 Å². The molecule has 6 nitrogen and oxygen atoms in total. The van der Waals surface area contributed by atoms with Gasteiger partial charge in [-0.25, -0.2) is 0 Å². The lowest BCUT2D eigenvalue weighted by atomic mass is 10.1. The largest absolute Gasteiger partial charge is 0.370 e. The van der Waals surface area contributed by atoms with Crippen molar-refractivity contribution in [2.75, 3.05) is 6.54 Å². The third kappa shape index (κ3) is 3.92. The second kappa shape index (κ2) is 6.69. The van der Waals surface area contributed by atoms with Gasteiger partial charge in [0.05, 0.1) is 11.8 Å². The van der Waals surface area contributed by atoms with E-state index in [-0.39, 0.29) is 18.9 Å². The monoisotopic (exact) mass is 286 g/mol.